The molecule has 0 saturated heterocycles. The van der Waals surface area contributed by atoms with Gasteiger partial charge >= 0.3 is 0 Å². The lowest BCUT2D eigenvalue weighted by molar-refractivity contribution is 0.367. The average Bonchev–Trinajstić information content (AvgIpc) is 3.14. The van der Waals surface area contributed by atoms with Crippen LogP contribution in [0, 0.1) is 0 Å². The van der Waals surface area contributed by atoms with Crippen molar-refractivity contribution in [2.24, 2.45) is 4.99 Å². The molecule has 46 heavy (non-hydrogen) atoms. The summed E-state index contributed by atoms with van der Waals surface area (Å²) in [5.74, 6) is 3.36. The largest absolute Gasteiger partial charge is 0.496 e. The Balaban J connectivity index is 1.85. The summed E-state index contributed by atoms with van der Waals surface area (Å²) in [4.78, 5) is 5.73. The molecule has 1 heterocycles. The van der Waals surface area contributed by atoms with Gasteiger partial charge in [-0.1, -0.05) is 78.9 Å². The van der Waals surface area contributed by atoms with Crippen molar-refractivity contribution in [2.45, 2.75) is 5.66 Å². The lowest BCUT2D eigenvalue weighted by Crippen LogP contribution is -2.45. The number of nitrogens with one attached hydrogen (secondary N) is 1. The van der Waals surface area contributed by atoms with Gasteiger partial charge in [0.1, 0.15) is 28.7 Å². The molecule has 0 aromatic heterocycles. The van der Waals surface area contributed by atoms with Crippen LogP contribution in [0.25, 0.3) is 11.3 Å². The van der Waals surface area contributed by atoms with E-state index in [2.05, 4.69) is 5.32 Å². The summed E-state index contributed by atoms with van der Waals surface area (Å²) in [6, 6.07) is 39.6. The molecular weight excluding hydrogens is 576 g/mol. The highest BCUT2D eigenvalue weighted by atomic mass is 16.5. The topological polar surface area (TPSA) is 70.5 Å². The standard InChI is InChI=1S/C39H36N2O5/c1-42-31-21-11-6-16-26(31)36-37(27-17-7-12-22-32(27)43-2)40-39(29-19-9-14-24-34(29)45-4,30-20-10-15-25-35(30)46-5)41-38(36)28-18-8-13-23-33(28)44-3/h6-25,40H,1-5H3. The zero-order valence-corrected chi connectivity index (χ0v) is 26.5. The molecule has 7 nitrogen and oxygen atoms in total. The molecule has 0 unspecified atom stereocenters. The first-order valence-electron chi connectivity index (χ1n) is 14.9. The number of hydrogen-bond donors (Lipinski definition) is 1. The van der Waals surface area contributed by atoms with E-state index in [-0.39, 0.29) is 0 Å². The lowest BCUT2D eigenvalue weighted by Gasteiger charge is -2.41. The van der Waals surface area contributed by atoms with E-state index >= 15 is 0 Å². The number of methoxy groups -OCH3 is 5. The fraction of sp³-hybridized carbons (Fsp3) is 0.154. The fourth-order valence-electron chi connectivity index (χ4n) is 6.10. The van der Waals surface area contributed by atoms with Gasteiger partial charge in [0.05, 0.1) is 47.0 Å². The molecule has 0 aliphatic carbocycles. The van der Waals surface area contributed by atoms with Crippen molar-refractivity contribution < 1.29 is 23.7 Å². The summed E-state index contributed by atoms with van der Waals surface area (Å²) in [7, 11) is 8.35. The second-order valence-corrected chi connectivity index (χ2v) is 10.5. The van der Waals surface area contributed by atoms with Gasteiger partial charge in [0.15, 0.2) is 5.66 Å². The van der Waals surface area contributed by atoms with Crippen LogP contribution < -0.4 is 29.0 Å². The van der Waals surface area contributed by atoms with E-state index < -0.39 is 5.66 Å². The van der Waals surface area contributed by atoms with E-state index in [1.54, 1.807) is 35.5 Å². The number of para-hydroxylation sites is 5. The minimum absolute atomic E-state index is 0.657. The Hall–Kier alpha value is -5.69. The molecule has 0 fully saturated rings. The Morgan fingerprint density at radius 3 is 1.30 bits per heavy atom. The van der Waals surface area contributed by atoms with Gasteiger partial charge in [0.2, 0.25) is 0 Å². The van der Waals surface area contributed by atoms with Crippen LogP contribution in [-0.2, 0) is 5.66 Å². The van der Waals surface area contributed by atoms with Gasteiger partial charge in [-0.15, -0.1) is 0 Å². The molecule has 232 valence electrons. The molecule has 5 aromatic carbocycles. The predicted octanol–water partition coefficient (Wildman–Crippen LogP) is 7.59. The fourth-order valence-corrected chi connectivity index (χ4v) is 6.10. The zero-order valence-electron chi connectivity index (χ0n) is 26.5. The molecule has 7 heteroatoms. The van der Waals surface area contributed by atoms with Crippen LogP contribution in [0.5, 0.6) is 28.7 Å². The van der Waals surface area contributed by atoms with Crippen LogP contribution in [0.3, 0.4) is 0 Å². The number of benzene rings is 5. The van der Waals surface area contributed by atoms with Crippen molar-refractivity contribution in [3.8, 4) is 28.7 Å². The van der Waals surface area contributed by atoms with Crippen molar-refractivity contribution >= 4 is 17.0 Å². The molecule has 0 spiro atoms. The smallest absolute Gasteiger partial charge is 0.189 e. The highest BCUT2D eigenvalue weighted by Crippen LogP contribution is 2.49. The summed E-state index contributed by atoms with van der Waals surface area (Å²) in [6.45, 7) is 0. The average molecular weight is 613 g/mol. The third-order valence-corrected chi connectivity index (χ3v) is 8.18. The van der Waals surface area contributed by atoms with Crippen LogP contribution >= 0.6 is 0 Å². The zero-order chi connectivity index (χ0) is 32.1. The molecule has 1 N–H and O–H groups in total. The Labute approximate surface area is 269 Å². The second-order valence-electron chi connectivity index (χ2n) is 10.5. The Kier molecular flexibility index (Phi) is 8.65. The minimum Gasteiger partial charge on any atom is -0.496 e. The molecule has 0 amide bonds. The molecule has 0 saturated carbocycles. The summed E-state index contributed by atoms with van der Waals surface area (Å²) in [5, 5.41) is 3.93. The van der Waals surface area contributed by atoms with Gasteiger partial charge in [0, 0.05) is 33.4 Å². The highest BCUT2D eigenvalue weighted by molar-refractivity contribution is 6.39. The first-order chi connectivity index (χ1) is 22.6. The molecule has 1 aliphatic heterocycles. The van der Waals surface area contributed by atoms with Gasteiger partial charge in [-0.2, -0.15) is 0 Å². The van der Waals surface area contributed by atoms with Gasteiger partial charge in [0.25, 0.3) is 0 Å². The molecular formula is C39H36N2O5. The van der Waals surface area contributed by atoms with Crippen LogP contribution in [0.15, 0.2) is 126 Å². The number of rotatable bonds is 10. The van der Waals surface area contributed by atoms with Crippen molar-refractivity contribution in [3.05, 3.63) is 149 Å². The maximum atomic E-state index is 6.00. The Morgan fingerprint density at radius 2 is 0.804 bits per heavy atom. The quantitative estimate of drug-likeness (QED) is 0.175. The monoisotopic (exact) mass is 612 g/mol. The number of allylic oxidation sites excluding steroid dienone is 1. The van der Waals surface area contributed by atoms with Crippen LogP contribution in [-0.4, -0.2) is 41.3 Å². The highest BCUT2D eigenvalue weighted by Gasteiger charge is 2.45. The molecule has 6 rings (SSSR count). The summed E-state index contributed by atoms with van der Waals surface area (Å²) in [6.07, 6.45) is 0. The number of aliphatic imine (C=N–C) groups is 1. The third kappa shape index (κ3) is 5.20. The molecule has 1 aliphatic rings. The minimum atomic E-state index is -1.24. The Morgan fingerprint density at radius 1 is 0.435 bits per heavy atom. The van der Waals surface area contributed by atoms with Crippen LogP contribution in [0.1, 0.15) is 27.8 Å². The number of nitrogens with zero attached hydrogens (tertiary/aromatic N) is 1. The summed E-state index contributed by atoms with van der Waals surface area (Å²) in [5.41, 5.74) is 5.09. The van der Waals surface area contributed by atoms with Gasteiger partial charge in [-0.25, -0.2) is 4.99 Å². The van der Waals surface area contributed by atoms with Crippen molar-refractivity contribution in [1.82, 2.24) is 5.32 Å². The van der Waals surface area contributed by atoms with E-state index in [0.717, 1.165) is 39.1 Å². The van der Waals surface area contributed by atoms with E-state index in [4.69, 9.17) is 28.7 Å². The van der Waals surface area contributed by atoms with Crippen molar-refractivity contribution in [1.29, 1.82) is 0 Å². The van der Waals surface area contributed by atoms with Gasteiger partial charge in [-0.05, 0) is 42.5 Å². The van der Waals surface area contributed by atoms with Crippen molar-refractivity contribution in [2.75, 3.05) is 35.5 Å². The SMILES string of the molecule is COc1ccccc1C1=NC(c2ccccc2OC)(c2ccccc2OC)NC(c2ccccc2OC)=C1c1ccccc1OC. The number of ether oxygens (including phenoxy) is 5. The molecule has 0 radical (unpaired) electrons. The maximum absolute atomic E-state index is 6.00. The Bertz CT molecular complexity index is 1880. The maximum Gasteiger partial charge on any atom is 0.189 e. The predicted molar refractivity (Wildman–Crippen MR) is 182 cm³/mol. The van der Waals surface area contributed by atoms with Crippen LogP contribution in [0.4, 0.5) is 0 Å². The summed E-state index contributed by atoms with van der Waals surface area (Å²) < 4.78 is 29.9. The lowest BCUT2D eigenvalue weighted by atomic mass is 9.82. The molecule has 5 aromatic rings. The van der Waals surface area contributed by atoms with E-state index in [1.165, 1.54) is 0 Å². The molecule has 0 atom stereocenters. The summed E-state index contributed by atoms with van der Waals surface area (Å²) >= 11 is 0. The van der Waals surface area contributed by atoms with Gasteiger partial charge < -0.3 is 29.0 Å². The first kappa shape index (κ1) is 30.3. The van der Waals surface area contributed by atoms with E-state index in [9.17, 15) is 0 Å². The number of hydrogen-bond acceptors (Lipinski definition) is 7. The molecule has 0 bridgehead atoms. The first-order valence-corrected chi connectivity index (χ1v) is 14.9. The third-order valence-electron chi connectivity index (χ3n) is 8.18. The van der Waals surface area contributed by atoms with Crippen molar-refractivity contribution in [3.63, 3.8) is 0 Å². The van der Waals surface area contributed by atoms with Crippen LogP contribution in [0.2, 0.25) is 0 Å². The second kappa shape index (κ2) is 13.1. The normalized spacial score (nSPS) is 13.7. The van der Waals surface area contributed by atoms with Gasteiger partial charge in [-0.3, -0.25) is 0 Å². The van der Waals surface area contributed by atoms with E-state index in [1.807, 2.05) is 121 Å². The van der Waals surface area contributed by atoms with E-state index in [0.29, 0.717) is 34.5 Å².